The van der Waals surface area contributed by atoms with Gasteiger partial charge in [0.15, 0.2) is 0 Å². The van der Waals surface area contributed by atoms with Crippen LogP contribution in [0.25, 0.3) is 11.1 Å². The lowest BCUT2D eigenvalue weighted by Gasteiger charge is -2.15. The normalized spacial score (nSPS) is 10.5. The van der Waals surface area contributed by atoms with Crippen LogP contribution in [0.15, 0.2) is 54.6 Å². The monoisotopic (exact) mass is 402 g/mol. The van der Waals surface area contributed by atoms with Gasteiger partial charge in [0.2, 0.25) is 11.8 Å². The summed E-state index contributed by atoms with van der Waals surface area (Å²) < 4.78 is 5.48. The topological polar surface area (TPSA) is 112 Å². The zero-order valence-electron chi connectivity index (χ0n) is 16.8. The van der Waals surface area contributed by atoms with E-state index in [1.807, 2.05) is 18.2 Å². The van der Waals surface area contributed by atoms with Crippen LogP contribution < -0.4 is 16.2 Å². The van der Waals surface area contributed by atoms with Gasteiger partial charge in [0.1, 0.15) is 12.0 Å². The van der Waals surface area contributed by atoms with Gasteiger partial charge in [0, 0.05) is 22.3 Å². The molecule has 3 aromatic rings. The number of carbonyl (C=O) groups is 3. The number of aryl methyl sites for hydroxylation is 1. The third-order valence-electron chi connectivity index (χ3n) is 4.90. The summed E-state index contributed by atoms with van der Waals surface area (Å²) in [4.78, 5) is 35.2. The highest BCUT2D eigenvalue weighted by Gasteiger charge is 2.18. The lowest BCUT2D eigenvalue weighted by Crippen LogP contribution is -2.20. The Morgan fingerprint density at radius 2 is 1.63 bits per heavy atom. The second-order valence-corrected chi connectivity index (χ2v) is 7.02. The Kier molecular flexibility index (Phi) is 5.97. The van der Waals surface area contributed by atoms with Crippen LogP contribution in [-0.2, 0) is 6.42 Å². The van der Waals surface area contributed by atoms with Crippen molar-refractivity contribution in [2.24, 2.45) is 11.5 Å². The largest absolute Gasteiger partial charge is 0.496 e. The lowest BCUT2D eigenvalue weighted by atomic mass is 9.90. The minimum atomic E-state index is -0.622. The predicted molar refractivity (Wildman–Crippen MR) is 115 cm³/mol. The van der Waals surface area contributed by atoms with E-state index in [0.29, 0.717) is 16.9 Å². The summed E-state index contributed by atoms with van der Waals surface area (Å²) in [7, 11) is 1.57. The Bertz CT molecular complexity index is 1120. The standard InChI is InChI=1S/C24H22N2O4/c1-14-8-20(23(25)28)19(21(9-14)24(26)29)12-15-6-7-22(30-2)18(11-15)17-5-3-4-16(10-17)13-27/h3-11,13H,12H2,1-2H3,(H2,25,28)(H2,26,29). The smallest absolute Gasteiger partial charge is 0.249 e. The summed E-state index contributed by atoms with van der Waals surface area (Å²) in [6.07, 6.45) is 1.06. The van der Waals surface area contributed by atoms with Gasteiger partial charge in [0.25, 0.3) is 0 Å². The van der Waals surface area contributed by atoms with E-state index >= 15 is 0 Å². The summed E-state index contributed by atoms with van der Waals surface area (Å²) in [5, 5.41) is 0. The highest BCUT2D eigenvalue weighted by Crippen LogP contribution is 2.32. The van der Waals surface area contributed by atoms with Gasteiger partial charge in [-0.1, -0.05) is 24.3 Å². The maximum atomic E-state index is 12.0. The van der Waals surface area contributed by atoms with Crippen LogP contribution in [0.3, 0.4) is 0 Å². The van der Waals surface area contributed by atoms with E-state index in [2.05, 4.69) is 0 Å². The fourth-order valence-corrected chi connectivity index (χ4v) is 3.52. The van der Waals surface area contributed by atoms with Crippen LogP contribution in [0.4, 0.5) is 0 Å². The second-order valence-electron chi connectivity index (χ2n) is 7.02. The summed E-state index contributed by atoms with van der Waals surface area (Å²) in [6.45, 7) is 1.77. The quantitative estimate of drug-likeness (QED) is 0.591. The maximum absolute atomic E-state index is 12.0. The molecule has 0 bridgehead atoms. The Morgan fingerprint density at radius 1 is 0.967 bits per heavy atom. The summed E-state index contributed by atoms with van der Waals surface area (Å²) >= 11 is 0. The average molecular weight is 402 g/mol. The fraction of sp³-hybridized carbons (Fsp3) is 0.125. The molecule has 0 fully saturated rings. The molecule has 0 aliphatic heterocycles. The number of carbonyl (C=O) groups excluding carboxylic acids is 3. The van der Waals surface area contributed by atoms with E-state index in [0.717, 1.165) is 28.5 Å². The van der Waals surface area contributed by atoms with Crippen molar-refractivity contribution in [1.29, 1.82) is 0 Å². The molecule has 4 N–H and O–H groups in total. The Balaban J connectivity index is 2.14. The molecule has 3 rings (SSSR count). The minimum Gasteiger partial charge on any atom is -0.496 e. The molecule has 0 heterocycles. The van der Waals surface area contributed by atoms with Crippen molar-refractivity contribution in [1.82, 2.24) is 0 Å². The van der Waals surface area contributed by atoms with E-state index in [9.17, 15) is 14.4 Å². The van der Waals surface area contributed by atoms with Crippen molar-refractivity contribution in [3.05, 3.63) is 88.0 Å². The number of hydrogen-bond donors (Lipinski definition) is 2. The molecule has 6 heteroatoms. The maximum Gasteiger partial charge on any atom is 0.249 e. The third kappa shape index (κ3) is 4.22. The molecule has 0 spiro atoms. The molecule has 0 aromatic heterocycles. The average Bonchev–Trinajstić information content (AvgIpc) is 2.74. The molecular formula is C24H22N2O4. The van der Waals surface area contributed by atoms with Gasteiger partial charge in [-0.25, -0.2) is 0 Å². The van der Waals surface area contributed by atoms with E-state index < -0.39 is 11.8 Å². The van der Waals surface area contributed by atoms with E-state index in [-0.39, 0.29) is 17.5 Å². The number of methoxy groups -OCH3 is 1. The molecule has 6 nitrogen and oxygen atoms in total. The van der Waals surface area contributed by atoms with Gasteiger partial charge in [-0.2, -0.15) is 0 Å². The molecule has 30 heavy (non-hydrogen) atoms. The van der Waals surface area contributed by atoms with Crippen molar-refractivity contribution in [3.63, 3.8) is 0 Å². The molecule has 0 aliphatic rings. The molecule has 0 atom stereocenters. The number of aldehydes is 1. The second kappa shape index (κ2) is 8.61. The lowest BCUT2D eigenvalue weighted by molar-refractivity contribution is 0.0999. The highest BCUT2D eigenvalue weighted by atomic mass is 16.5. The fourth-order valence-electron chi connectivity index (χ4n) is 3.52. The number of benzene rings is 3. The SMILES string of the molecule is COc1ccc(Cc2c(C(N)=O)cc(C)cc2C(N)=O)cc1-c1cccc(C=O)c1. The third-order valence-corrected chi connectivity index (χ3v) is 4.90. The van der Waals surface area contributed by atoms with E-state index in [4.69, 9.17) is 16.2 Å². The number of hydrogen-bond acceptors (Lipinski definition) is 4. The Hall–Kier alpha value is -3.93. The van der Waals surface area contributed by atoms with Crippen molar-refractivity contribution < 1.29 is 19.1 Å². The minimum absolute atomic E-state index is 0.268. The molecule has 0 unspecified atom stereocenters. The number of primary amides is 2. The first-order valence-corrected chi connectivity index (χ1v) is 9.29. The van der Waals surface area contributed by atoms with Gasteiger partial charge < -0.3 is 16.2 Å². The predicted octanol–water partition coefficient (Wildman–Crippen LogP) is 3.27. The first-order valence-electron chi connectivity index (χ1n) is 9.29. The first kappa shape index (κ1) is 20.8. The van der Waals surface area contributed by atoms with Gasteiger partial charge >= 0.3 is 0 Å². The van der Waals surface area contributed by atoms with Crippen molar-refractivity contribution >= 4 is 18.1 Å². The van der Waals surface area contributed by atoms with Crippen LogP contribution in [0.1, 0.15) is 47.8 Å². The number of rotatable bonds is 7. The van der Waals surface area contributed by atoms with Gasteiger partial charge in [0.05, 0.1) is 7.11 Å². The molecule has 0 saturated carbocycles. The zero-order chi connectivity index (χ0) is 21.8. The molecule has 3 aromatic carbocycles. The zero-order valence-corrected chi connectivity index (χ0v) is 16.8. The highest BCUT2D eigenvalue weighted by molar-refractivity contribution is 6.01. The summed E-state index contributed by atoms with van der Waals surface area (Å²) in [6, 6.07) is 16.0. The van der Waals surface area contributed by atoms with E-state index in [1.54, 1.807) is 50.4 Å². The number of nitrogens with two attached hydrogens (primary N) is 2. The Morgan fingerprint density at radius 3 is 2.20 bits per heavy atom. The first-order chi connectivity index (χ1) is 14.3. The van der Waals surface area contributed by atoms with Crippen LogP contribution in [0.2, 0.25) is 0 Å². The van der Waals surface area contributed by atoms with Crippen LogP contribution in [0.5, 0.6) is 5.75 Å². The van der Waals surface area contributed by atoms with Gasteiger partial charge in [-0.3, -0.25) is 14.4 Å². The van der Waals surface area contributed by atoms with Gasteiger partial charge in [-0.05, 0) is 65.9 Å². The molecule has 2 amide bonds. The molecule has 152 valence electrons. The molecular weight excluding hydrogens is 380 g/mol. The number of ether oxygens (including phenoxy) is 1. The van der Waals surface area contributed by atoms with Crippen LogP contribution in [-0.4, -0.2) is 25.2 Å². The molecule has 0 saturated heterocycles. The van der Waals surface area contributed by atoms with Crippen molar-refractivity contribution in [3.8, 4) is 16.9 Å². The van der Waals surface area contributed by atoms with Crippen molar-refractivity contribution in [2.45, 2.75) is 13.3 Å². The van der Waals surface area contributed by atoms with E-state index in [1.165, 1.54) is 0 Å². The summed E-state index contributed by atoms with van der Waals surface area (Å²) in [5.41, 5.74) is 15.8. The van der Waals surface area contributed by atoms with Crippen LogP contribution >= 0.6 is 0 Å². The van der Waals surface area contributed by atoms with Gasteiger partial charge in [-0.15, -0.1) is 0 Å². The molecule has 0 aliphatic carbocycles. The number of amides is 2. The van der Waals surface area contributed by atoms with Crippen LogP contribution in [0, 0.1) is 6.92 Å². The Labute approximate surface area is 174 Å². The van der Waals surface area contributed by atoms with Crippen molar-refractivity contribution in [2.75, 3.05) is 7.11 Å². The molecule has 0 radical (unpaired) electrons. The summed E-state index contributed by atoms with van der Waals surface area (Å²) in [5.74, 6) is -0.608.